The van der Waals surface area contributed by atoms with E-state index in [0.717, 1.165) is 12.1 Å². The smallest absolute Gasteiger partial charge is 0.362 e. The molecule has 0 spiro atoms. The van der Waals surface area contributed by atoms with Crippen LogP contribution in [0.3, 0.4) is 0 Å². The normalized spacial score (nSPS) is 27.9. The molecule has 10 heteroatoms. The number of rotatable bonds is 3. The monoisotopic (exact) mass is 385 g/mol. The van der Waals surface area contributed by atoms with Gasteiger partial charge in [-0.25, -0.2) is 0 Å². The molecule has 7 nitrogen and oxygen atoms in total. The maximum absolute atomic E-state index is 13.7. The van der Waals surface area contributed by atoms with E-state index in [0.29, 0.717) is 18.4 Å². The number of amides is 1. The van der Waals surface area contributed by atoms with E-state index in [1.807, 2.05) is 0 Å². The topological polar surface area (TPSA) is 96.0 Å². The first kappa shape index (κ1) is 19.3. The highest BCUT2D eigenvalue weighted by Gasteiger charge is 2.68. The van der Waals surface area contributed by atoms with Crippen molar-refractivity contribution in [3.8, 4) is 0 Å². The van der Waals surface area contributed by atoms with Gasteiger partial charge in [0.1, 0.15) is 0 Å². The van der Waals surface area contributed by atoms with Crippen LogP contribution in [-0.4, -0.2) is 38.6 Å². The molecule has 1 N–H and O–H groups in total. The van der Waals surface area contributed by atoms with Crippen LogP contribution in [0.5, 0.6) is 0 Å². The highest BCUT2D eigenvalue weighted by Crippen LogP contribution is 2.49. The van der Waals surface area contributed by atoms with E-state index in [-0.39, 0.29) is 28.7 Å². The largest absolute Gasteiger partial charge is 0.439 e. The number of hydrogen-bond acceptors (Lipinski definition) is 5. The van der Waals surface area contributed by atoms with Gasteiger partial charge in [0.15, 0.2) is 0 Å². The first-order valence-corrected chi connectivity index (χ1v) is 8.49. The van der Waals surface area contributed by atoms with Gasteiger partial charge in [-0.05, 0) is 24.3 Å². The average Bonchev–Trinajstić information content (AvgIpc) is 2.91. The van der Waals surface area contributed by atoms with Gasteiger partial charge in [0, 0.05) is 17.8 Å². The minimum Gasteiger partial charge on any atom is -0.362 e. The molecule has 1 aromatic carbocycles. The van der Waals surface area contributed by atoms with Crippen LogP contribution in [0.4, 0.5) is 18.9 Å². The number of aliphatic hydroxyl groups is 1. The Bertz CT molecular complexity index is 794. The third-order valence-corrected chi connectivity index (χ3v) is 5.17. The summed E-state index contributed by atoms with van der Waals surface area (Å²) in [5.74, 6) is -2.55. The molecule has 2 aliphatic rings. The summed E-state index contributed by atoms with van der Waals surface area (Å²) in [6.45, 7) is 1.73. The summed E-state index contributed by atoms with van der Waals surface area (Å²) in [6.07, 6.45) is -4.28. The highest BCUT2D eigenvalue weighted by molar-refractivity contribution is 5.95. The maximum atomic E-state index is 13.7. The number of halogens is 3. The zero-order valence-electron chi connectivity index (χ0n) is 14.4. The molecule has 1 amide bonds. The molecule has 1 heterocycles. The summed E-state index contributed by atoms with van der Waals surface area (Å²) in [4.78, 5) is 22.6. The van der Waals surface area contributed by atoms with E-state index in [1.165, 1.54) is 12.1 Å². The predicted molar refractivity (Wildman–Crippen MR) is 88.6 cm³/mol. The molecule has 27 heavy (non-hydrogen) atoms. The van der Waals surface area contributed by atoms with Crippen LogP contribution in [0.25, 0.3) is 0 Å². The Morgan fingerprint density at radius 3 is 2.56 bits per heavy atom. The molecule has 0 unspecified atom stereocenters. The standard InChI is InChI=1S/C17H18F3N3O4/c1-10-3-2-4-13-15(10)21-22(16(13,25)17(18,19)20)14(24)9-11-5-7-12(8-6-11)23(26)27/h5-8,10,13,25H,2-4,9H2,1H3/t10-,13+,16-/m1/s1. The molecule has 1 aliphatic carbocycles. The molecule has 1 saturated carbocycles. The number of hydrazone groups is 1. The van der Waals surface area contributed by atoms with Crippen molar-refractivity contribution in [3.05, 3.63) is 39.9 Å². The number of non-ortho nitro benzene ring substituents is 1. The molecular weight excluding hydrogens is 367 g/mol. The van der Waals surface area contributed by atoms with Gasteiger partial charge in [-0.1, -0.05) is 25.5 Å². The number of carbonyl (C=O) groups is 1. The Kier molecular flexibility index (Phi) is 4.71. The SMILES string of the molecule is C[C@@H]1CCC[C@H]2C1=NN(C(=O)Cc1ccc([N+](=O)[O-])cc1)[C@]2(O)C(F)(F)F. The summed E-state index contributed by atoms with van der Waals surface area (Å²) in [7, 11) is 0. The lowest BCUT2D eigenvalue weighted by atomic mass is 9.75. The lowest BCUT2D eigenvalue weighted by molar-refractivity contribution is -0.384. The lowest BCUT2D eigenvalue weighted by Crippen LogP contribution is -2.62. The number of benzene rings is 1. The van der Waals surface area contributed by atoms with Gasteiger partial charge in [-0.2, -0.15) is 23.3 Å². The second-order valence-corrected chi connectivity index (χ2v) is 6.94. The number of nitrogens with zero attached hydrogens (tertiary/aromatic N) is 3. The van der Waals surface area contributed by atoms with Gasteiger partial charge in [-0.3, -0.25) is 14.9 Å². The number of nitro benzene ring substituents is 1. The quantitative estimate of drug-likeness (QED) is 0.639. The van der Waals surface area contributed by atoms with Crippen molar-refractivity contribution in [2.24, 2.45) is 16.9 Å². The zero-order chi connectivity index (χ0) is 20.0. The Morgan fingerprint density at radius 1 is 1.37 bits per heavy atom. The third-order valence-electron chi connectivity index (χ3n) is 5.17. The van der Waals surface area contributed by atoms with Crippen molar-refractivity contribution in [1.29, 1.82) is 0 Å². The van der Waals surface area contributed by atoms with Crippen molar-refractivity contribution >= 4 is 17.3 Å². The number of carbonyl (C=O) groups excluding carboxylic acids is 1. The minimum atomic E-state index is -5.06. The molecule has 0 saturated heterocycles. The molecule has 3 rings (SSSR count). The van der Waals surface area contributed by atoms with Gasteiger partial charge in [0.05, 0.1) is 17.3 Å². The fourth-order valence-corrected chi connectivity index (χ4v) is 3.73. The predicted octanol–water partition coefficient (Wildman–Crippen LogP) is 3.02. The maximum Gasteiger partial charge on any atom is 0.439 e. The molecule has 0 aromatic heterocycles. The van der Waals surface area contributed by atoms with Gasteiger partial charge >= 0.3 is 6.18 Å². The molecule has 0 radical (unpaired) electrons. The number of fused-ring (bicyclic) bond motifs is 1. The third kappa shape index (κ3) is 3.18. The fraction of sp³-hybridized carbons (Fsp3) is 0.529. The lowest BCUT2D eigenvalue weighted by Gasteiger charge is -2.39. The Hall–Kier alpha value is -2.49. The van der Waals surface area contributed by atoms with Crippen LogP contribution in [0.1, 0.15) is 31.7 Å². The van der Waals surface area contributed by atoms with E-state index >= 15 is 0 Å². The molecule has 3 atom stereocenters. The first-order chi connectivity index (χ1) is 12.6. The summed E-state index contributed by atoms with van der Waals surface area (Å²) in [5.41, 5.74) is -3.08. The zero-order valence-corrected chi connectivity index (χ0v) is 14.4. The second-order valence-electron chi connectivity index (χ2n) is 6.94. The summed E-state index contributed by atoms with van der Waals surface area (Å²) >= 11 is 0. The molecule has 146 valence electrons. The van der Waals surface area contributed by atoms with Crippen LogP contribution < -0.4 is 0 Å². The second kappa shape index (κ2) is 6.59. The van der Waals surface area contributed by atoms with Gasteiger partial charge in [0.25, 0.3) is 11.4 Å². The van der Waals surface area contributed by atoms with Gasteiger partial charge in [0.2, 0.25) is 5.91 Å². The fourth-order valence-electron chi connectivity index (χ4n) is 3.73. The van der Waals surface area contributed by atoms with Crippen LogP contribution in [-0.2, 0) is 11.2 Å². The number of alkyl halides is 3. The van der Waals surface area contributed by atoms with Crippen molar-refractivity contribution in [2.75, 3.05) is 0 Å². The van der Waals surface area contributed by atoms with Crippen LogP contribution in [0, 0.1) is 22.0 Å². The Balaban J connectivity index is 1.90. The highest BCUT2D eigenvalue weighted by atomic mass is 19.4. The molecule has 1 aliphatic heterocycles. The number of hydrogen-bond donors (Lipinski definition) is 1. The summed E-state index contributed by atoms with van der Waals surface area (Å²) in [6, 6.07) is 4.91. The van der Waals surface area contributed by atoms with E-state index in [2.05, 4.69) is 5.10 Å². The van der Waals surface area contributed by atoms with Crippen molar-refractivity contribution in [3.63, 3.8) is 0 Å². The van der Waals surface area contributed by atoms with Crippen molar-refractivity contribution in [1.82, 2.24) is 5.01 Å². The van der Waals surface area contributed by atoms with Crippen LogP contribution >= 0.6 is 0 Å². The van der Waals surface area contributed by atoms with Crippen molar-refractivity contribution < 1.29 is 28.0 Å². The average molecular weight is 385 g/mol. The van der Waals surface area contributed by atoms with E-state index in [9.17, 15) is 33.2 Å². The molecular formula is C17H18F3N3O4. The molecule has 1 aromatic rings. The van der Waals surface area contributed by atoms with Gasteiger partial charge in [-0.15, -0.1) is 0 Å². The van der Waals surface area contributed by atoms with E-state index < -0.39 is 35.1 Å². The van der Waals surface area contributed by atoms with E-state index in [1.54, 1.807) is 6.92 Å². The number of nitro groups is 1. The Morgan fingerprint density at radius 2 is 2.00 bits per heavy atom. The minimum absolute atomic E-state index is 0.0977. The van der Waals surface area contributed by atoms with Gasteiger partial charge < -0.3 is 5.11 Å². The molecule has 0 bridgehead atoms. The van der Waals surface area contributed by atoms with Crippen LogP contribution in [0.15, 0.2) is 29.4 Å². The van der Waals surface area contributed by atoms with Crippen molar-refractivity contribution in [2.45, 2.75) is 44.5 Å². The Labute approximate surface area is 152 Å². The molecule has 1 fully saturated rings. The van der Waals surface area contributed by atoms with Crippen LogP contribution in [0.2, 0.25) is 0 Å². The first-order valence-electron chi connectivity index (χ1n) is 8.49. The van der Waals surface area contributed by atoms with E-state index in [4.69, 9.17) is 0 Å². The summed E-state index contributed by atoms with van der Waals surface area (Å²) in [5, 5.41) is 25.2. The summed E-state index contributed by atoms with van der Waals surface area (Å²) < 4.78 is 41.2.